The summed E-state index contributed by atoms with van der Waals surface area (Å²) in [5, 5.41) is 3.90. The van der Waals surface area contributed by atoms with E-state index in [9.17, 15) is 0 Å². The molecule has 0 saturated heterocycles. The molecule has 2 heterocycles. The van der Waals surface area contributed by atoms with Gasteiger partial charge in [-0.2, -0.15) is 0 Å². The molecule has 3 nitrogen and oxygen atoms in total. The molecule has 1 aliphatic rings. The molecule has 0 radical (unpaired) electrons. The normalized spacial score (nSPS) is 15.7. The van der Waals surface area contributed by atoms with E-state index in [0.29, 0.717) is 17.0 Å². The van der Waals surface area contributed by atoms with Gasteiger partial charge in [-0.1, -0.05) is 13.8 Å². The van der Waals surface area contributed by atoms with Crippen molar-refractivity contribution in [1.82, 2.24) is 9.97 Å². The van der Waals surface area contributed by atoms with E-state index in [2.05, 4.69) is 18.8 Å². The van der Waals surface area contributed by atoms with Crippen LogP contribution >= 0.6 is 22.7 Å². The molecule has 17 heavy (non-hydrogen) atoms. The van der Waals surface area contributed by atoms with Gasteiger partial charge in [-0.3, -0.25) is 0 Å². The highest BCUT2D eigenvalue weighted by molar-refractivity contribution is 7.16. The topological polar surface area (TPSA) is 51.8 Å². The summed E-state index contributed by atoms with van der Waals surface area (Å²) in [6.07, 6.45) is 2.54. The van der Waals surface area contributed by atoms with Gasteiger partial charge in [0.1, 0.15) is 0 Å². The highest BCUT2D eigenvalue weighted by atomic mass is 32.1. The number of nitrogen functional groups attached to an aromatic ring is 1. The van der Waals surface area contributed by atoms with Gasteiger partial charge in [0, 0.05) is 17.2 Å². The summed E-state index contributed by atoms with van der Waals surface area (Å²) < 4.78 is 0. The van der Waals surface area contributed by atoms with Crippen molar-refractivity contribution in [2.24, 2.45) is 0 Å². The van der Waals surface area contributed by atoms with Crippen molar-refractivity contribution >= 4 is 27.8 Å². The van der Waals surface area contributed by atoms with Crippen LogP contribution in [-0.2, 0) is 0 Å². The summed E-state index contributed by atoms with van der Waals surface area (Å²) in [4.78, 5) is 10.4. The van der Waals surface area contributed by atoms with Gasteiger partial charge in [0.2, 0.25) is 0 Å². The van der Waals surface area contributed by atoms with E-state index in [1.165, 1.54) is 39.8 Å². The summed E-state index contributed by atoms with van der Waals surface area (Å²) in [6.45, 7) is 4.38. The molecule has 5 heteroatoms. The number of hydrogen-bond donors (Lipinski definition) is 1. The molecule has 0 unspecified atom stereocenters. The van der Waals surface area contributed by atoms with Crippen LogP contribution in [0.25, 0.3) is 10.6 Å². The number of thiazole rings is 2. The highest BCUT2D eigenvalue weighted by Crippen LogP contribution is 2.47. The Labute approximate surface area is 109 Å². The first-order valence-corrected chi connectivity index (χ1v) is 7.56. The number of hydrogen-bond acceptors (Lipinski definition) is 5. The number of nitrogens with zero attached hydrogens (tertiary/aromatic N) is 2. The third kappa shape index (κ3) is 2.09. The fraction of sp³-hybridized carbons (Fsp3) is 0.500. The molecule has 0 aromatic carbocycles. The molecule has 2 aromatic heterocycles. The minimum Gasteiger partial charge on any atom is -0.375 e. The zero-order chi connectivity index (χ0) is 12.0. The van der Waals surface area contributed by atoms with Gasteiger partial charge in [0.15, 0.2) is 5.13 Å². The minimum absolute atomic E-state index is 0.488. The maximum atomic E-state index is 5.72. The third-order valence-electron chi connectivity index (χ3n) is 2.88. The van der Waals surface area contributed by atoms with Crippen LogP contribution in [0, 0.1) is 0 Å². The SMILES string of the molecule is CC(C)c1nc(C2CC2)c(-c2csc(N)n2)s1. The second-order valence-corrected chi connectivity index (χ2v) is 6.69. The lowest BCUT2D eigenvalue weighted by atomic mass is 10.2. The highest BCUT2D eigenvalue weighted by Gasteiger charge is 2.31. The zero-order valence-corrected chi connectivity index (χ0v) is 11.6. The van der Waals surface area contributed by atoms with E-state index < -0.39 is 0 Å². The Morgan fingerprint density at radius 2 is 2.12 bits per heavy atom. The monoisotopic (exact) mass is 265 g/mol. The van der Waals surface area contributed by atoms with E-state index in [-0.39, 0.29) is 0 Å². The third-order valence-corrected chi connectivity index (χ3v) is 4.95. The quantitative estimate of drug-likeness (QED) is 0.917. The van der Waals surface area contributed by atoms with Crippen LogP contribution < -0.4 is 5.73 Å². The van der Waals surface area contributed by atoms with Gasteiger partial charge in [-0.25, -0.2) is 9.97 Å². The average molecular weight is 265 g/mol. The van der Waals surface area contributed by atoms with E-state index in [0.717, 1.165) is 5.69 Å². The smallest absolute Gasteiger partial charge is 0.180 e. The van der Waals surface area contributed by atoms with Crippen LogP contribution in [-0.4, -0.2) is 9.97 Å². The van der Waals surface area contributed by atoms with E-state index in [4.69, 9.17) is 10.7 Å². The van der Waals surface area contributed by atoms with Crippen molar-refractivity contribution in [3.63, 3.8) is 0 Å². The molecule has 1 saturated carbocycles. The Morgan fingerprint density at radius 1 is 1.35 bits per heavy atom. The van der Waals surface area contributed by atoms with Gasteiger partial charge >= 0.3 is 0 Å². The number of anilines is 1. The van der Waals surface area contributed by atoms with Crippen LogP contribution in [0.4, 0.5) is 5.13 Å². The lowest BCUT2D eigenvalue weighted by Crippen LogP contribution is -1.88. The molecule has 0 aliphatic heterocycles. The number of rotatable bonds is 3. The Kier molecular flexibility index (Phi) is 2.67. The van der Waals surface area contributed by atoms with Crippen LogP contribution in [0.5, 0.6) is 0 Å². The molecule has 90 valence electrons. The zero-order valence-electron chi connectivity index (χ0n) is 9.93. The van der Waals surface area contributed by atoms with Gasteiger partial charge in [-0.15, -0.1) is 22.7 Å². The van der Waals surface area contributed by atoms with E-state index in [1.54, 1.807) is 11.3 Å². The average Bonchev–Trinajstić information content (AvgIpc) is 2.88. The standard InChI is InChI=1S/C12H15N3S2/c1-6(2)11-15-9(7-3-4-7)10(17-11)8-5-16-12(13)14-8/h5-7H,3-4H2,1-2H3,(H2,13,14). The summed E-state index contributed by atoms with van der Waals surface area (Å²) in [5.41, 5.74) is 7.98. The molecule has 0 atom stereocenters. The largest absolute Gasteiger partial charge is 0.375 e. The van der Waals surface area contributed by atoms with Crippen molar-refractivity contribution in [1.29, 1.82) is 0 Å². The number of nitrogens with two attached hydrogens (primary N) is 1. The molecule has 2 aromatic rings. The predicted molar refractivity (Wildman–Crippen MR) is 73.7 cm³/mol. The van der Waals surface area contributed by atoms with Crippen LogP contribution in [0.2, 0.25) is 0 Å². The van der Waals surface area contributed by atoms with Crippen LogP contribution in [0.1, 0.15) is 49.2 Å². The molecular formula is C12H15N3S2. The molecule has 0 amide bonds. The molecule has 3 rings (SSSR count). The summed E-state index contributed by atoms with van der Waals surface area (Å²) >= 11 is 3.28. The maximum Gasteiger partial charge on any atom is 0.180 e. The van der Waals surface area contributed by atoms with Crippen molar-refractivity contribution in [2.75, 3.05) is 5.73 Å². The molecular weight excluding hydrogens is 250 g/mol. The first kappa shape index (κ1) is 11.2. The van der Waals surface area contributed by atoms with Gasteiger partial charge < -0.3 is 5.73 Å². The molecule has 1 aliphatic carbocycles. The fourth-order valence-corrected chi connectivity index (χ4v) is 3.55. The fourth-order valence-electron chi connectivity index (χ4n) is 1.80. The van der Waals surface area contributed by atoms with Gasteiger partial charge in [-0.05, 0) is 12.8 Å². The van der Waals surface area contributed by atoms with Crippen molar-refractivity contribution < 1.29 is 0 Å². The van der Waals surface area contributed by atoms with E-state index in [1.807, 2.05) is 5.38 Å². The van der Waals surface area contributed by atoms with Crippen molar-refractivity contribution in [2.45, 2.75) is 38.5 Å². The van der Waals surface area contributed by atoms with Crippen molar-refractivity contribution in [3.05, 3.63) is 16.1 Å². The molecule has 0 bridgehead atoms. The number of aromatic nitrogens is 2. The second kappa shape index (κ2) is 4.07. The predicted octanol–water partition coefficient (Wildman–Crippen LogP) is 3.85. The Bertz CT molecular complexity index is 538. The molecule has 0 spiro atoms. The Balaban J connectivity index is 2.07. The van der Waals surface area contributed by atoms with Crippen LogP contribution in [0.3, 0.4) is 0 Å². The lowest BCUT2D eigenvalue weighted by Gasteiger charge is -1.95. The molecule has 2 N–H and O–H groups in total. The Morgan fingerprint density at radius 3 is 2.65 bits per heavy atom. The second-order valence-electron chi connectivity index (χ2n) is 4.77. The minimum atomic E-state index is 0.488. The summed E-state index contributed by atoms with van der Waals surface area (Å²) in [7, 11) is 0. The lowest BCUT2D eigenvalue weighted by molar-refractivity contribution is 0.839. The maximum absolute atomic E-state index is 5.72. The first-order chi connectivity index (χ1) is 8.15. The Hall–Kier alpha value is -0.940. The van der Waals surface area contributed by atoms with E-state index >= 15 is 0 Å². The van der Waals surface area contributed by atoms with Gasteiger partial charge in [0.05, 0.1) is 21.3 Å². The van der Waals surface area contributed by atoms with Gasteiger partial charge in [0.25, 0.3) is 0 Å². The molecule has 1 fully saturated rings. The van der Waals surface area contributed by atoms with Crippen LogP contribution in [0.15, 0.2) is 5.38 Å². The van der Waals surface area contributed by atoms with Crippen molar-refractivity contribution in [3.8, 4) is 10.6 Å². The summed E-state index contributed by atoms with van der Waals surface area (Å²) in [6, 6.07) is 0. The summed E-state index contributed by atoms with van der Waals surface area (Å²) in [5.74, 6) is 1.15. The first-order valence-electron chi connectivity index (χ1n) is 5.87.